The van der Waals surface area contributed by atoms with E-state index in [1.54, 1.807) is 13.2 Å². The predicted molar refractivity (Wildman–Crippen MR) is 63.0 cm³/mol. The Balaban J connectivity index is 3.44. The average molecular weight is 275 g/mol. The van der Waals surface area contributed by atoms with E-state index in [1.807, 2.05) is 13.8 Å². The number of hydrogen-bond donors (Lipinski definition) is 1. The Morgan fingerprint density at radius 1 is 1.20 bits per heavy atom. The van der Waals surface area contributed by atoms with Gasteiger partial charge in [0.25, 0.3) is 0 Å². The molecule has 4 heteroatoms. The summed E-state index contributed by atoms with van der Waals surface area (Å²) < 4.78 is 10.9. The lowest BCUT2D eigenvalue weighted by molar-refractivity contribution is 0.359. The van der Waals surface area contributed by atoms with Crippen LogP contribution in [0, 0.1) is 0 Å². The van der Waals surface area contributed by atoms with Gasteiger partial charge in [0.1, 0.15) is 5.75 Å². The van der Waals surface area contributed by atoms with E-state index in [1.165, 1.54) is 7.11 Å². The van der Waals surface area contributed by atoms with Gasteiger partial charge in [-0.15, -0.1) is 0 Å². The topological polar surface area (TPSA) is 38.7 Å². The molecule has 0 heterocycles. The van der Waals surface area contributed by atoms with Crippen molar-refractivity contribution in [1.29, 1.82) is 0 Å². The molecule has 0 aliphatic rings. The van der Waals surface area contributed by atoms with Crippen LogP contribution in [0.25, 0.3) is 0 Å². The van der Waals surface area contributed by atoms with Crippen molar-refractivity contribution < 1.29 is 14.6 Å². The van der Waals surface area contributed by atoms with Crippen LogP contribution in [0.15, 0.2) is 10.5 Å². The summed E-state index contributed by atoms with van der Waals surface area (Å²) in [6.07, 6.45) is 0. The standard InChI is InChI=1S/C11H15BrO3/c1-6(2)9-7(14-3)5-8(15-4)11(13)10(9)12/h5-6,13H,1-4H3. The highest BCUT2D eigenvalue weighted by atomic mass is 79.9. The number of rotatable bonds is 3. The van der Waals surface area contributed by atoms with Crippen LogP contribution < -0.4 is 9.47 Å². The molecule has 0 atom stereocenters. The summed E-state index contributed by atoms with van der Waals surface area (Å²) in [7, 11) is 3.11. The zero-order chi connectivity index (χ0) is 11.6. The fourth-order valence-electron chi connectivity index (χ4n) is 1.47. The molecule has 3 nitrogen and oxygen atoms in total. The van der Waals surface area contributed by atoms with Gasteiger partial charge in [-0.1, -0.05) is 13.8 Å². The van der Waals surface area contributed by atoms with Gasteiger partial charge < -0.3 is 14.6 Å². The number of methoxy groups -OCH3 is 2. The van der Waals surface area contributed by atoms with Crippen molar-refractivity contribution in [1.82, 2.24) is 0 Å². The fourth-order valence-corrected chi connectivity index (χ4v) is 2.32. The highest BCUT2D eigenvalue weighted by Crippen LogP contribution is 2.44. The zero-order valence-electron chi connectivity index (χ0n) is 9.30. The summed E-state index contributed by atoms with van der Waals surface area (Å²) in [5.41, 5.74) is 0.941. The Hall–Kier alpha value is -0.900. The number of benzene rings is 1. The van der Waals surface area contributed by atoms with E-state index in [-0.39, 0.29) is 11.7 Å². The van der Waals surface area contributed by atoms with E-state index < -0.39 is 0 Å². The second-order valence-electron chi connectivity index (χ2n) is 3.51. The second kappa shape index (κ2) is 4.75. The third-order valence-electron chi connectivity index (χ3n) is 2.22. The number of phenols is 1. The van der Waals surface area contributed by atoms with Crippen LogP contribution in [0.2, 0.25) is 0 Å². The van der Waals surface area contributed by atoms with Gasteiger partial charge in [0.15, 0.2) is 11.5 Å². The molecule has 0 saturated carbocycles. The van der Waals surface area contributed by atoms with E-state index in [0.29, 0.717) is 16.0 Å². The van der Waals surface area contributed by atoms with Crippen molar-refractivity contribution in [3.05, 3.63) is 16.1 Å². The van der Waals surface area contributed by atoms with Gasteiger partial charge in [-0.3, -0.25) is 0 Å². The largest absolute Gasteiger partial charge is 0.503 e. The van der Waals surface area contributed by atoms with Crippen LogP contribution in [0.4, 0.5) is 0 Å². The first kappa shape index (κ1) is 12.2. The minimum absolute atomic E-state index is 0.113. The van der Waals surface area contributed by atoms with Crippen LogP contribution >= 0.6 is 15.9 Å². The number of hydrogen-bond acceptors (Lipinski definition) is 3. The fraction of sp³-hybridized carbons (Fsp3) is 0.455. The third-order valence-corrected chi connectivity index (χ3v) is 3.03. The van der Waals surface area contributed by atoms with Crippen LogP contribution in [0.5, 0.6) is 17.2 Å². The lowest BCUT2D eigenvalue weighted by Crippen LogP contribution is -1.97. The maximum absolute atomic E-state index is 9.82. The Kier molecular flexibility index (Phi) is 3.85. The van der Waals surface area contributed by atoms with E-state index in [9.17, 15) is 5.11 Å². The second-order valence-corrected chi connectivity index (χ2v) is 4.31. The minimum Gasteiger partial charge on any atom is -0.503 e. The van der Waals surface area contributed by atoms with Crippen molar-refractivity contribution >= 4 is 15.9 Å². The molecule has 0 spiro atoms. The Labute approximate surface area is 98.1 Å². The molecule has 1 rings (SSSR count). The minimum atomic E-state index is 0.113. The Bertz CT molecular complexity index is 361. The molecular formula is C11H15BrO3. The molecule has 0 aromatic heterocycles. The van der Waals surface area contributed by atoms with Gasteiger partial charge in [0.05, 0.1) is 18.7 Å². The molecule has 0 aliphatic heterocycles. The van der Waals surface area contributed by atoms with Gasteiger partial charge in [0, 0.05) is 11.6 Å². The van der Waals surface area contributed by atoms with Crippen molar-refractivity contribution in [3.8, 4) is 17.2 Å². The summed E-state index contributed by atoms with van der Waals surface area (Å²) in [6.45, 7) is 4.07. The van der Waals surface area contributed by atoms with Crippen LogP contribution in [0.1, 0.15) is 25.3 Å². The van der Waals surface area contributed by atoms with Crippen molar-refractivity contribution in [2.75, 3.05) is 14.2 Å². The van der Waals surface area contributed by atoms with Crippen LogP contribution in [-0.4, -0.2) is 19.3 Å². The molecule has 15 heavy (non-hydrogen) atoms. The lowest BCUT2D eigenvalue weighted by atomic mass is 10.0. The number of phenolic OH excluding ortho intramolecular Hbond substituents is 1. The Morgan fingerprint density at radius 2 is 1.73 bits per heavy atom. The highest BCUT2D eigenvalue weighted by molar-refractivity contribution is 9.10. The van der Waals surface area contributed by atoms with E-state index in [0.717, 1.165) is 5.56 Å². The lowest BCUT2D eigenvalue weighted by Gasteiger charge is -2.17. The number of aromatic hydroxyl groups is 1. The summed E-state index contributed by atoms with van der Waals surface area (Å²) in [5.74, 6) is 1.49. The van der Waals surface area contributed by atoms with Gasteiger partial charge in [0.2, 0.25) is 0 Å². The quantitative estimate of drug-likeness (QED) is 0.919. The predicted octanol–water partition coefficient (Wildman–Crippen LogP) is 3.30. The first-order valence-corrected chi connectivity index (χ1v) is 5.45. The van der Waals surface area contributed by atoms with Crippen molar-refractivity contribution in [3.63, 3.8) is 0 Å². The molecule has 0 aliphatic carbocycles. The highest BCUT2D eigenvalue weighted by Gasteiger charge is 2.19. The molecule has 1 aromatic rings. The molecule has 0 fully saturated rings. The van der Waals surface area contributed by atoms with E-state index in [2.05, 4.69) is 15.9 Å². The maximum atomic E-state index is 9.82. The summed E-state index contributed by atoms with van der Waals surface area (Å²) in [4.78, 5) is 0. The normalized spacial score (nSPS) is 10.5. The average Bonchev–Trinajstić information content (AvgIpc) is 2.20. The third kappa shape index (κ3) is 2.20. The number of halogens is 1. The summed E-state index contributed by atoms with van der Waals surface area (Å²) >= 11 is 3.35. The Morgan fingerprint density at radius 3 is 2.13 bits per heavy atom. The van der Waals surface area contributed by atoms with Gasteiger partial charge in [-0.05, 0) is 21.8 Å². The SMILES string of the molecule is COc1cc(OC)c(C(C)C)c(Br)c1O. The molecule has 1 aromatic carbocycles. The van der Waals surface area contributed by atoms with Crippen LogP contribution in [-0.2, 0) is 0 Å². The molecule has 0 radical (unpaired) electrons. The van der Waals surface area contributed by atoms with Crippen molar-refractivity contribution in [2.45, 2.75) is 19.8 Å². The molecule has 0 bridgehead atoms. The van der Waals surface area contributed by atoms with E-state index >= 15 is 0 Å². The molecule has 0 saturated heterocycles. The molecule has 1 N–H and O–H groups in total. The first-order chi connectivity index (χ1) is 7.02. The maximum Gasteiger partial charge on any atom is 0.172 e. The monoisotopic (exact) mass is 274 g/mol. The van der Waals surface area contributed by atoms with Crippen molar-refractivity contribution in [2.24, 2.45) is 0 Å². The van der Waals surface area contributed by atoms with Gasteiger partial charge in [-0.2, -0.15) is 0 Å². The first-order valence-electron chi connectivity index (χ1n) is 4.66. The number of ether oxygens (including phenoxy) is 2. The summed E-state index contributed by atoms with van der Waals surface area (Å²) in [5, 5.41) is 9.82. The molecular weight excluding hydrogens is 260 g/mol. The molecule has 0 unspecified atom stereocenters. The van der Waals surface area contributed by atoms with Gasteiger partial charge in [-0.25, -0.2) is 0 Å². The van der Waals surface area contributed by atoms with Crippen LogP contribution in [0.3, 0.4) is 0 Å². The molecule has 84 valence electrons. The summed E-state index contributed by atoms with van der Waals surface area (Å²) in [6, 6.07) is 1.69. The zero-order valence-corrected chi connectivity index (χ0v) is 10.9. The molecule has 0 amide bonds. The van der Waals surface area contributed by atoms with Gasteiger partial charge >= 0.3 is 0 Å². The smallest absolute Gasteiger partial charge is 0.172 e. The van der Waals surface area contributed by atoms with E-state index in [4.69, 9.17) is 9.47 Å².